The molecule has 0 saturated heterocycles. The van der Waals surface area contributed by atoms with E-state index in [1.54, 1.807) is 30.3 Å². The number of methoxy groups -OCH3 is 2. The second-order valence-electron chi connectivity index (χ2n) is 6.49. The fraction of sp³-hybridized carbons (Fsp3) is 0.136. The summed E-state index contributed by atoms with van der Waals surface area (Å²) in [6.07, 6.45) is 0. The standard InChI is InChI=1S/C22H22N2O5S/c1-15-7-9-17(10-8-15)24-30(26,27)18-13-11-16(12-14-18)23-22(25)19-5-4-6-20(28-2)21(19)29-3/h4-14,24H,1-3H3,(H,23,25). The van der Waals surface area contributed by atoms with Crippen molar-refractivity contribution in [2.75, 3.05) is 24.3 Å². The van der Waals surface area contributed by atoms with E-state index < -0.39 is 15.9 Å². The van der Waals surface area contributed by atoms with Crippen LogP contribution in [0.1, 0.15) is 15.9 Å². The molecule has 0 unspecified atom stereocenters. The van der Waals surface area contributed by atoms with Gasteiger partial charge in [0.2, 0.25) is 0 Å². The first-order valence-corrected chi connectivity index (χ1v) is 10.5. The highest BCUT2D eigenvalue weighted by Crippen LogP contribution is 2.31. The Bertz CT molecular complexity index is 1140. The minimum absolute atomic E-state index is 0.0834. The average molecular weight is 426 g/mol. The summed E-state index contributed by atoms with van der Waals surface area (Å²) in [5.41, 5.74) is 2.25. The van der Waals surface area contributed by atoms with Crippen molar-refractivity contribution in [2.45, 2.75) is 11.8 Å². The zero-order valence-corrected chi connectivity index (χ0v) is 17.6. The van der Waals surface area contributed by atoms with Gasteiger partial charge in [-0.2, -0.15) is 0 Å². The lowest BCUT2D eigenvalue weighted by atomic mass is 10.1. The topological polar surface area (TPSA) is 93.7 Å². The van der Waals surface area contributed by atoms with Gasteiger partial charge >= 0.3 is 0 Å². The molecule has 30 heavy (non-hydrogen) atoms. The molecule has 0 bridgehead atoms. The van der Waals surface area contributed by atoms with Crippen molar-refractivity contribution < 1.29 is 22.7 Å². The van der Waals surface area contributed by atoms with Crippen LogP contribution in [0.15, 0.2) is 71.6 Å². The van der Waals surface area contributed by atoms with E-state index in [9.17, 15) is 13.2 Å². The summed E-state index contributed by atoms with van der Waals surface area (Å²) in [4.78, 5) is 12.7. The van der Waals surface area contributed by atoms with Gasteiger partial charge in [0.25, 0.3) is 15.9 Å². The summed E-state index contributed by atoms with van der Waals surface area (Å²) in [6, 6.07) is 17.9. The predicted octanol–water partition coefficient (Wildman–Crippen LogP) is 4.07. The fourth-order valence-corrected chi connectivity index (χ4v) is 3.88. The Labute approximate surface area is 175 Å². The summed E-state index contributed by atoms with van der Waals surface area (Å²) in [5, 5.41) is 2.73. The zero-order valence-electron chi connectivity index (χ0n) is 16.8. The molecular weight excluding hydrogens is 404 g/mol. The molecule has 0 aliphatic rings. The molecule has 0 saturated carbocycles. The summed E-state index contributed by atoms with van der Waals surface area (Å²) >= 11 is 0. The highest BCUT2D eigenvalue weighted by molar-refractivity contribution is 7.92. The van der Waals surface area contributed by atoms with Crippen LogP contribution in [0, 0.1) is 6.92 Å². The lowest BCUT2D eigenvalue weighted by Crippen LogP contribution is -2.15. The van der Waals surface area contributed by atoms with E-state index in [2.05, 4.69) is 10.0 Å². The van der Waals surface area contributed by atoms with E-state index in [0.717, 1.165) is 5.56 Å². The Hall–Kier alpha value is -3.52. The molecule has 3 aromatic carbocycles. The molecule has 7 nitrogen and oxygen atoms in total. The van der Waals surface area contributed by atoms with Crippen LogP contribution in [0.3, 0.4) is 0 Å². The number of rotatable bonds is 7. The molecule has 0 radical (unpaired) electrons. The van der Waals surface area contributed by atoms with Crippen LogP contribution in [-0.2, 0) is 10.0 Å². The van der Waals surface area contributed by atoms with E-state index >= 15 is 0 Å². The number of hydrogen-bond acceptors (Lipinski definition) is 5. The van der Waals surface area contributed by atoms with E-state index in [0.29, 0.717) is 28.4 Å². The minimum atomic E-state index is -3.74. The number of hydrogen-bond donors (Lipinski definition) is 2. The second-order valence-corrected chi connectivity index (χ2v) is 8.17. The minimum Gasteiger partial charge on any atom is -0.493 e. The molecule has 0 aliphatic carbocycles. The van der Waals surface area contributed by atoms with Gasteiger partial charge in [0, 0.05) is 11.4 Å². The zero-order chi connectivity index (χ0) is 21.7. The molecule has 0 atom stereocenters. The van der Waals surface area contributed by atoms with Crippen LogP contribution in [0.5, 0.6) is 11.5 Å². The van der Waals surface area contributed by atoms with Crippen molar-refractivity contribution in [1.29, 1.82) is 0 Å². The third kappa shape index (κ3) is 4.72. The summed E-state index contributed by atoms with van der Waals surface area (Å²) in [6.45, 7) is 1.92. The first kappa shape index (κ1) is 21.2. The third-order valence-corrected chi connectivity index (χ3v) is 5.77. The van der Waals surface area contributed by atoms with E-state index in [-0.39, 0.29) is 4.90 Å². The number of sulfonamides is 1. The Morgan fingerprint density at radius 2 is 1.47 bits per heavy atom. The number of carbonyl (C=O) groups excluding carboxylic acids is 1. The first-order chi connectivity index (χ1) is 14.3. The summed E-state index contributed by atoms with van der Waals surface area (Å²) in [5.74, 6) is 0.354. The van der Waals surface area contributed by atoms with Crippen molar-refractivity contribution in [3.63, 3.8) is 0 Å². The molecule has 3 rings (SSSR count). The maximum Gasteiger partial charge on any atom is 0.261 e. The Kier molecular flexibility index (Phi) is 6.27. The van der Waals surface area contributed by atoms with Crippen LogP contribution in [0.2, 0.25) is 0 Å². The van der Waals surface area contributed by atoms with Gasteiger partial charge in [0.1, 0.15) is 0 Å². The predicted molar refractivity (Wildman–Crippen MR) is 116 cm³/mol. The number of para-hydroxylation sites is 1. The number of anilines is 2. The van der Waals surface area contributed by atoms with Gasteiger partial charge < -0.3 is 14.8 Å². The van der Waals surface area contributed by atoms with Gasteiger partial charge in [-0.1, -0.05) is 23.8 Å². The molecule has 0 spiro atoms. The number of ether oxygens (including phenoxy) is 2. The first-order valence-electron chi connectivity index (χ1n) is 9.06. The Balaban J connectivity index is 1.76. The molecule has 1 amide bonds. The summed E-state index contributed by atoms with van der Waals surface area (Å²) < 4.78 is 38.2. The molecule has 0 aromatic heterocycles. The van der Waals surface area contributed by atoms with Crippen molar-refractivity contribution in [2.24, 2.45) is 0 Å². The van der Waals surface area contributed by atoms with Crippen molar-refractivity contribution in [3.05, 3.63) is 77.9 Å². The normalized spacial score (nSPS) is 10.9. The van der Waals surface area contributed by atoms with Crippen LogP contribution in [-0.4, -0.2) is 28.5 Å². The van der Waals surface area contributed by atoms with Crippen LogP contribution >= 0.6 is 0 Å². The van der Waals surface area contributed by atoms with E-state index in [1.165, 1.54) is 38.5 Å². The molecule has 156 valence electrons. The van der Waals surface area contributed by atoms with Crippen molar-refractivity contribution in [3.8, 4) is 11.5 Å². The molecule has 8 heteroatoms. The molecule has 0 fully saturated rings. The molecule has 0 heterocycles. The number of aryl methyl sites for hydroxylation is 1. The largest absolute Gasteiger partial charge is 0.493 e. The molecule has 2 N–H and O–H groups in total. The van der Waals surface area contributed by atoms with Gasteiger partial charge in [-0.05, 0) is 55.5 Å². The number of nitrogens with one attached hydrogen (secondary N) is 2. The number of amides is 1. The van der Waals surface area contributed by atoms with Gasteiger partial charge in [-0.15, -0.1) is 0 Å². The average Bonchev–Trinajstić information content (AvgIpc) is 2.74. The van der Waals surface area contributed by atoms with Crippen molar-refractivity contribution in [1.82, 2.24) is 0 Å². The van der Waals surface area contributed by atoms with E-state index in [1.807, 2.05) is 19.1 Å². The number of benzene rings is 3. The monoisotopic (exact) mass is 426 g/mol. The van der Waals surface area contributed by atoms with E-state index in [4.69, 9.17) is 9.47 Å². The van der Waals surface area contributed by atoms with Gasteiger partial charge in [-0.25, -0.2) is 8.42 Å². The Morgan fingerprint density at radius 1 is 0.833 bits per heavy atom. The van der Waals surface area contributed by atoms with Gasteiger partial charge in [0.05, 0.1) is 24.7 Å². The molecule has 3 aromatic rings. The molecular formula is C22H22N2O5S. The highest BCUT2D eigenvalue weighted by Gasteiger charge is 2.18. The smallest absolute Gasteiger partial charge is 0.261 e. The van der Waals surface area contributed by atoms with Crippen LogP contribution in [0.25, 0.3) is 0 Å². The second kappa shape index (κ2) is 8.87. The number of carbonyl (C=O) groups is 1. The maximum atomic E-state index is 12.6. The summed E-state index contributed by atoms with van der Waals surface area (Å²) in [7, 11) is -0.799. The highest BCUT2D eigenvalue weighted by atomic mass is 32.2. The van der Waals surface area contributed by atoms with Crippen LogP contribution in [0.4, 0.5) is 11.4 Å². The quantitative estimate of drug-likeness (QED) is 0.594. The van der Waals surface area contributed by atoms with Gasteiger partial charge in [-0.3, -0.25) is 9.52 Å². The lowest BCUT2D eigenvalue weighted by Gasteiger charge is -2.13. The fourth-order valence-electron chi connectivity index (χ4n) is 2.82. The Morgan fingerprint density at radius 3 is 2.07 bits per heavy atom. The lowest BCUT2D eigenvalue weighted by molar-refractivity contribution is 0.102. The maximum absolute atomic E-state index is 12.6. The third-order valence-electron chi connectivity index (χ3n) is 4.37. The van der Waals surface area contributed by atoms with Gasteiger partial charge in [0.15, 0.2) is 11.5 Å². The molecule has 0 aliphatic heterocycles. The SMILES string of the molecule is COc1cccc(C(=O)Nc2ccc(S(=O)(=O)Nc3ccc(C)cc3)cc2)c1OC. The van der Waals surface area contributed by atoms with Crippen molar-refractivity contribution >= 4 is 27.3 Å². The van der Waals surface area contributed by atoms with Crippen LogP contribution < -0.4 is 19.5 Å².